The molecule has 0 aliphatic heterocycles. The number of ether oxygens (including phenoxy) is 1. The molecule has 0 radical (unpaired) electrons. The van der Waals surface area contributed by atoms with Crippen molar-refractivity contribution in [1.29, 1.82) is 0 Å². The van der Waals surface area contributed by atoms with Crippen LogP contribution in [0.2, 0.25) is 0 Å². The molecular weight excluding hydrogens is 296 g/mol. The maximum Gasteiger partial charge on any atom is 0.343 e. The number of esters is 1. The standard InChI is InChI=1S/C22H28O2/c1-2-3-4-5-6-7-9-12-19-15-17-20(18-16-19)22(23)24-21-13-10-8-11-14-21/h8,10-11,13-18H,2-7,9,12H2,1H3. The topological polar surface area (TPSA) is 26.3 Å². The fourth-order valence-electron chi connectivity index (χ4n) is 2.75. The van der Waals surface area contributed by atoms with Crippen LogP contribution in [0.25, 0.3) is 0 Å². The molecule has 0 saturated carbocycles. The van der Waals surface area contributed by atoms with Crippen LogP contribution in [-0.2, 0) is 6.42 Å². The van der Waals surface area contributed by atoms with E-state index in [9.17, 15) is 4.79 Å². The van der Waals surface area contributed by atoms with Gasteiger partial charge in [0.15, 0.2) is 0 Å². The van der Waals surface area contributed by atoms with E-state index < -0.39 is 0 Å². The average molecular weight is 324 g/mol. The highest BCUT2D eigenvalue weighted by Crippen LogP contribution is 2.14. The van der Waals surface area contributed by atoms with Gasteiger partial charge >= 0.3 is 5.97 Å². The van der Waals surface area contributed by atoms with E-state index in [2.05, 4.69) is 6.92 Å². The zero-order chi connectivity index (χ0) is 17.0. The summed E-state index contributed by atoms with van der Waals surface area (Å²) in [5.41, 5.74) is 1.89. The van der Waals surface area contributed by atoms with Crippen molar-refractivity contribution in [2.45, 2.75) is 58.3 Å². The maximum absolute atomic E-state index is 12.1. The van der Waals surface area contributed by atoms with Crippen molar-refractivity contribution in [1.82, 2.24) is 0 Å². The third-order valence-corrected chi connectivity index (χ3v) is 4.21. The lowest BCUT2D eigenvalue weighted by Gasteiger charge is -2.06. The highest BCUT2D eigenvalue weighted by atomic mass is 16.5. The van der Waals surface area contributed by atoms with E-state index in [0.29, 0.717) is 11.3 Å². The molecule has 0 N–H and O–H groups in total. The van der Waals surface area contributed by atoms with Crippen LogP contribution in [-0.4, -0.2) is 5.97 Å². The number of hydrogen-bond acceptors (Lipinski definition) is 2. The Kier molecular flexibility index (Phi) is 8.09. The van der Waals surface area contributed by atoms with Gasteiger partial charge in [0.05, 0.1) is 5.56 Å². The predicted octanol–water partition coefficient (Wildman–Crippen LogP) is 6.20. The molecule has 0 fully saturated rings. The van der Waals surface area contributed by atoms with Gasteiger partial charge in [0.2, 0.25) is 0 Å². The summed E-state index contributed by atoms with van der Waals surface area (Å²) in [6.07, 6.45) is 10.3. The SMILES string of the molecule is CCCCCCCCCc1ccc(C(=O)Oc2ccccc2)cc1. The van der Waals surface area contributed by atoms with Crippen LogP contribution < -0.4 is 4.74 Å². The van der Waals surface area contributed by atoms with Crippen LogP contribution in [0.3, 0.4) is 0 Å². The fourth-order valence-corrected chi connectivity index (χ4v) is 2.75. The van der Waals surface area contributed by atoms with E-state index in [0.717, 1.165) is 6.42 Å². The summed E-state index contributed by atoms with van der Waals surface area (Å²) in [6, 6.07) is 17.0. The summed E-state index contributed by atoms with van der Waals surface area (Å²) in [5.74, 6) is 0.276. The summed E-state index contributed by atoms with van der Waals surface area (Å²) in [6.45, 7) is 2.25. The molecule has 0 heterocycles. The third kappa shape index (κ3) is 6.57. The number of carbonyl (C=O) groups excluding carboxylic acids is 1. The number of benzene rings is 2. The Hall–Kier alpha value is -2.09. The minimum Gasteiger partial charge on any atom is -0.423 e. The molecule has 0 aliphatic carbocycles. The quantitative estimate of drug-likeness (QED) is 0.295. The van der Waals surface area contributed by atoms with E-state index in [1.54, 1.807) is 12.1 Å². The molecule has 2 heteroatoms. The van der Waals surface area contributed by atoms with Gasteiger partial charge in [0.1, 0.15) is 5.75 Å². The van der Waals surface area contributed by atoms with E-state index in [1.807, 2.05) is 42.5 Å². The van der Waals surface area contributed by atoms with Crippen LogP contribution in [0.1, 0.15) is 67.8 Å². The van der Waals surface area contributed by atoms with Crippen LogP contribution in [0.5, 0.6) is 5.75 Å². The number of aryl methyl sites for hydroxylation is 1. The van der Waals surface area contributed by atoms with Gasteiger partial charge in [-0.15, -0.1) is 0 Å². The Balaban J connectivity index is 1.71. The zero-order valence-corrected chi connectivity index (χ0v) is 14.7. The Morgan fingerprint density at radius 3 is 2.08 bits per heavy atom. The lowest BCUT2D eigenvalue weighted by atomic mass is 10.0. The molecule has 0 unspecified atom stereocenters. The maximum atomic E-state index is 12.1. The summed E-state index contributed by atoms with van der Waals surface area (Å²) >= 11 is 0. The summed E-state index contributed by atoms with van der Waals surface area (Å²) in [7, 11) is 0. The normalized spacial score (nSPS) is 10.5. The van der Waals surface area contributed by atoms with E-state index >= 15 is 0 Å². The molecule has 2 aromatic carbocycles. The average Bonchev–Trinajstić information content (AvgIpc) is 2.62. The molecule has 0 spiro atoms. The van der Waals surface area contributed by atoms with Gasteiger partial charge in [0.25, 0.3) is 0 Å². The second-order valence-corrected chi connectivity index (χ2v) is 6.27. The van der Waals surface area contributed by atoms with Gasteiger partial charge in [-0.2, -0.15) is 0 Å². The monoisotopic (exact) mass is 324 g/mol. The molecule has 0 aromatic heterocycles. The highest BCUT2D eigenvalue weighted by Gasteiger charge is 2.08. The minimum atomic E-state index is -0.302. The van der Waals surface area contributed by atoms with Crippen LogP contribution in [0.15, 0.2) is 54.6 Å². The van der Waals surface area contributed by atoms with Gasteiger partial charge < -0.3 is 4.74 Å². The van der Waals surface area contributed by atoms with Gasteiger partial charge in [-0.05, 0) is 42.7 Å². The van der Waals surface area contributed by atoms with Crippen molar-refractivity contribution in [3.8, 4) is 5.75 Å². The Labute approximate surface area is 145 Å². The summed E-state index contributed by atoms with van der Waals surface area (Å²) < 4.78 is 5.35. The van der Waals surface area contributed by atoms with E-state index in [-0.39, 0.29) is 5.97 Å². The third-order valence-electron chi connectivity index (χ3n) is 4.21. The molecule has 0 amide bonds. The molecule has 2 rings (SSSR count). The van der Waals surface area contributed by atoms with Crippen LogP contribution in [0.4, 0.5) is 0 Å². The molecule has 24 heavy (non-hydrogen) atoms. The summed E-state index contributed by atoms with van der Waals surface area (Å²) in [4.78, 5) is 12.1. The van der Waals surface area contributed by atoms with Crippen molar-refractivity contribution in [3.63, 3.8) is 0 Å². The highest BCUT2D eigenvalue weighted by molar-refractivity contribution is 5.91. The zero-order valence-electron chi connectivity index (χ0n) is 14.7. The van der Waals surface area contributed by atoms with Crippen LogP contribution >= 0.6 is 0 Å². The van der Waals surface area contributed by atoms with Gasteiger partial charge in [-0.25, -0.2) is 4.79 Å². The Bertz CT molecular complexity index is 587. The van der Waals surface area contributed by atoms with Crippen molar-refractivity contribution in [3.05, 3.63) is 65.7 Å². The first-order valence-electron chi connectivity index (χ1n) is 9.16. The lowest BCUT2D eigenvalue weighted by Crippen LogP contribution is -2.08. The predicted molar refractivity (Wildman–Crippen MR) is 99.5 cm³/mol. The molecule has 2 aromatic rings. The van der Waals surface area contributed by atoms with E-state index in [4.69, 9.17) is 4.74 Å². The second-order valence-electron chi connectivity index (χ2n) is 6.27. The molecule has 0 saturated heterocycles. The Morgan fingerprint density at radius 2 is 1.42 bits per heavy atom. The van der Waals surface area contributed by atoms with Crippen molar-refractivity contribution in [2.24, 2.45) is 0 Å². The molecular formula is C22H28O2. The largest absolute Gasteiger partial charge is 0.423 e. The van der Waals surface area contributed by atoms with Gasteiger partial charge in [-0.3, -0.25) is 0 Å². The van der Waals surface area contributed by atoms with Crippen molar-refractivity contribution >= 4 is 5.97 Å². The van der Waals surface area contributed by atoms with Gasteiger partial charge in [0, 0.05) is 0 Å². The first kappa shape index (κ1) is 18.3. The molecule has 0 bridgehead atoms. The molecule has 2 nitrogen and oxygen atoms in total. The molecule has 0 aliphatic rings. The fraction of sp³-hybridized carbons (Fsp3) is 0.409. The van der Waals surface area contributed by atoms with Gasteiger partial charge in [-0.1, -0.05) is 75.8 Å². The number of hydrogen-bond donors (Lipinski definition) is 0. The molecule has 128 valence electrons. The van der Waals surface area contributed by atoms with Crippen molar-refractivity contribution in [2.75, 3.05) is 0 Å². The Morgan fingerprint density at radius 1 is 0.792 bits per heavy atom. The minimum absolute atomic E-state index is 0.302. The second kappa shape index (κ2) is 10.6. The van der Waals surface area contributed by atoms with Crippen molar-refractivity contribution < 1.29 is 9.53 Å². The molecule has 0 atom stereocenters. The lowest BCUT2D eigenvalue weighted by molar-refractivity contribution is 0.0735. The number of carbonyl (C=O) groups is 1. The van der Waals surface area contributed by atoms with Crippen LogP contribution in [0, 0.1) is 0 Å². The number of para-hydroxylation sites is 1. The first-order chi connectivity index (χ1) is 11.8. The summed E-state index contributed by atoms with van der Waals surface area (Å²) in [5, 5.41) is 0. The smallest absolute Gasteiger partial charge is 0.343 e. The first-order valence-corrected chi connectivity index (χ1v) is 9.16. The van der Waals surface area contributed by atoms with E-state index in [1.165, 1.54) is 50.5 Å². The number of unbranched alkanes of at least 4 members (excludes halogenated alkanes) is 6. The number of rotatable bonds is 10.